The average molecular weight is 668 g/mol. The molecule has 42 heavy (non-hydrogen) atoms. The van der Waals surface area contributed by atoms with Crippen LogP contribution >= 0.6 is 39.7 Å². The summed E-state index contributed by atoms with van der Waals surface area (Å²) in [6.07, 6.45) is 1.48. The van der Waals surface area contributed by atoms with Gasteiger partial charge in [-0.25, -0.2) is 0 Å². The number of hydrogen-bond acceptors (Lipinski definition) is 5. The van der Waals surface area contributed by atoms with Crippen molar-refractivity contribution < 1.29 is 14.3 Å². The summed E-state index contributed by atoms with van der Waals surface area (Å²) < 4.78 is 12.2. The van der Waals surface area contributed by atoms with Gasteiger partial charge in [0, 0.05) is 52.7 Å². The number of rotatable bonds is 10. The van der Waals surface area contributed by atoms with Crippen LogP contribution in [0.5, 0.6) is 5.75 Å². The first-order chi connectivity index (χ1) is 20.4. The maximum absolute atomic E-state index is 14.0. The molecule has 1 saturated heterocycles. The Labute approximate surface area is 264 Å². The number of carbonyl (C=O) groups is 1. The molecular formula is C32H32BrClN4O3S. The van der Waals surface area contributed by atoms with Gasteiger partial charge in [-0.2, -0.15) is 0 Å². The van der Waals surface area contributed by atoms with Crippen LogP contribution in [0.3, 0.4) is 0 Å². The Morgan fingerprint density at radius 3 is 2.57 bits per heavy atom. The van der Waals surface area contributed by atoms with E-state index in [0.717, 1.165) is 69.8 Å². The summed E-state index contributed by atoms with van der Waals surface area (Å²) in [5.41, 5.74) is 4.99. The third-order valence-corrected chi connectivity index (χ3v) is 9.15. The number of fused-ring (bicyclic) bond motifs is 4. The van der Waals surface area contributed by atoms with E-state index in [-0.39, 0.29) is 11.9 Å². The van der Waals surface area contributed by atoms with Crippen molar-refractivity contribution in [3.8, 4) is 5.75 Å². The highest BCUT2D eigenvalue weighted by atomic mass is 79.9. The highest BCUT2D eigenvalue weighted by Gasteiger charge is 2.51. The molecule has 0 saturated carbocycles. The van der Waals surface area contributed by atoms with Gasteiger partial charge in [0.15, 0.2) is 5.11 Å². The SMILES string of the molecule is COCCN(C)CCCOc1ccc(C2c3[nH]c4ccc(Br)cc4c3CC3C(=O)N(c4ccc(Cl)cc4)C(=S)N32)cc1. The number of halogens is 2. The Kier molecular flexibility index (Phi) is 8.56. The quantitative estimate of drug-likeness (QED) is 0.152. The number of aromatic nitrogens is 1. The zero-order chi connectivity index (χ0) is 29.4. The molecule has 1 amide bonds. The molecule has 0 spiro atoms. The predicted molar refractivity (Wildman–Crippen MR) is 175 cm³/mol. The van der Waals surface area contributed by atoms with Crippen molar-refractivity contribution in [3.63, 3.8) is 0 Å². The number of H-pyrrole nitrogens is 1. The molecule has 2 atom stereocenters. The van der Waals surface area contributed by atoms with Gasteiger partial charge in [0.1, 0.15) is 11.8 Å². The normalized spacial score (nSPS) is 18.2. The highest BCUT2D eigenvalue weighted by molar-refractivity contribution is 9.10. The summed E-state index contributed by atoms with van der Waals surface area (Å²) in [5.74, 6) is 0.784. The number of likely N-dealkylation sites (N-methyl/N-ethyl adjacent to an activating group) is 1. The minimum atomic E-state index is -0.422. The molecule has 1 fully saturated rings. The van der Waals surface area contributed by atoms with E-state index in [4.69, 9.17) is 33.3 Å². The number of amides is 1. The van der Waals surface area contributed by atoms with E-state index < -0.39 is 6.04 Å². The Bertz CT molecular complexity index is 1610. The largest absolute Gasteiger partial charge is 0.494 e. The average Bonchev–Trinajstić information content (AvgIpc) is 3.47. The lowest BCUT2D eigenvalue weighted by molar-refractivity contribution is -0.120. The van der Waals surface area contributed by atoms with E-state index in [0.29, 0.717) is 23.2 Å². The minimum Gasteiger partial charge on any atom is -0.494 e. The number of thiocarbonyl (C=S) groups is 1. The summed E-state index contributed by atoms with van der Waals surface area (Å²) in [6, 6.07) is 21.0. The Balaban J connectivity index is 1.30. The van der Waals surface area contributed by atoms with E-state index in [1.54, 1.807) is 24.1 Å². The van der Waals surface area contributed by atoms with Gasteiger partial charge >= 0.3 is 0 Å². The molecule has 3 heterocycles. The Morgan fingerprint density at radius 1 is 1.07 bits per heavy atom. The van der Waals surface area contributed by atoms with Gasteiger partial charge in [0.2, 0.25) is 0 Å². The standard InChI is InChI=1S/C32H32BrClN4O3S/c1-36(15-17-40-2)14-3-16-41-24-11-4-20(5-12-24)30-29-26(25-18-21(33)6-13-27(25)35-29)19-28-31(39)37(32(42)38(28)30)23-9-7-22(34)8-10-23/h4-13,18,28,30,35H,3,14-17,19H2,1-2H3. The number of anilines is 1. The maximum atomic E-state index is 14.0. The van der Waals surface area contributed by atoms with E-state index in [1.165, 1.54) is 0 Å². The first-order valence-electron chi connectivity index (χ1n) is 14.0. The van der Waals surface area contributed by atoms with Crippen molar-refractivity contribution in [1.82, 2.24) is 14.8 Å². The van der Waals surface area contributed by atoms with E-state index in [2.05, 4.69) is 62.0 Å². The lowest BCUT2D eigenvalue weighted by atomic mass is 9.89. The summed E-state index contributed by atoms with van der Waals surface area (Å²) in [7, 11) is 3.81. The van der Waals surface area contributed by atoms with Crippen LogP contribution < -0.4 is 9.64 Å². The van der Waals surface area contributed by atoms with Crippen molar-refractivity contribution in [3.05, 3.63) is 93.0 Å². The predicted octanol–water partition coefficient (Wildman–Crippen LogP) is 6.58. The topological polar surface area (TPSA) is 61.0 Å². The summed E-state index contributed by atoms with van der Waals surface area (Å²) in [6.45, 7) is 3.19. The first-order valence-corrected chi connectivity index (χ1v) is 15.6. The third kappa shape index (κ3) is 5.56. The number of methoxy groups -OCH3 is 1. The summed E-state index contributed by atoms with van der Waals surface area (Å²) in [5, 5.41) is 2.21. The van der Waals surface area contributed by atoms with Gasteiger partial charge in [-0.3, -0.25) is 9.69 Å². The number of ether oxygens (including phenoxy) is 2. The zero-order valence-corrected chi connectivity index (χ0v) is 26.6. The van der Waals surface area contributed by atoms with E-state index >= 15 is 0 Å². The lowest BCUT2D eigenvalue weighted by Crippen LogP contribution is -2.44. The smallest absolute Gasteiger partial charge is 0.256 e. The molecule has 2 aliphatic heterocycles. The molecule has 0 radical (unpaired) electrons. The summed E-state index contributed by atoms with van der Waals surface area (Å²) >= 11 is 15.8. The molecular weight excluding hydrogens is 636 g/mol. The molecule has 10 heteroatoms. The van der Waals surface area contributed by atoms with Gasteiger partial charge in [0.25, 0.3) is 5.91 Å². The molecule has 3 aromatic carbocycles. The Morgan fingerprint density at radius 2 is 1.83 bits per heavy atom. The van der Waals surface area contributed by atoms with Crippen LogP contribution in [0.1, 0.15) is 29.3 Å². The second-order valence-corrected chi connectivity index (χ2v) is 12.5. The molecule has 1 aromatic heterocycles. The molecule has 218 valence electrons. The molecule has 2 unspecified atom stereocenters. The van der Waals surface area contributed by atoms with Gasteiger partial charge in [-0.1, -0.05) is 39.7 Å². The molecule has 7 nitrogen and oxygen atoms in total. The van der Waals surface area contributed by atoms with Crippen LogP contribution in [0.15, 0.2) is 71.2 Å². The number of hydrogen-bond donors (Lipinski definition) is 1. The number of nitrogens with zero attached hydrogens (tertiary/aromatic N) is 3. The van der Waals surface area contributed by atoms with Crippen LogP contribution in [0.4, 0.5) is 5.69 Å². The van der Waals surface area contributed by atoms with E-state index in [9.17, 15) is 4.79 Å². The van der Waals surface area contributed by atoms with Gasteiger partial charge in [-0.15, -0.1) is 0 Å². The monoisotopic (exact) mass is 666 g/mol. The number of nitrogens with one attached hydrogen (secondary N) is 1. The van der Waals surface area contributed by atoms with Crippen molar-refractivity contribution in [2.75, 3.05) is 45.4 Å². The highest BCUT2D eigenvalue weighted by Crippen LogP contribution is 2.45. The Hall–Kier alpha value is -2.95. The molecule has 0 bridgehead atoms. The van der Waals surface area contributed by atoms with Crippen molar-refractivity contribution in [1.29, 1.82) is 0 Å². The van der Waals surface area contributed by atoms with Crippen LogP contribution in [-0.2, 0) is 16.0 Å². The lowest BCUT2D eigenvalue weighted by Gasteiger charge is -2.37. The second-order valence-electron chi connectivity index (χ2n) is 10.7. The van der Waals surface area contributed by atoms with Crippen molar-refractivity contribution in [2.45, 2.75) is 24.9 Å². The second kappa shape index (κ2) is 12.3. The fourth-order valence-electron chi connectivity index (χ4n) is 5.90. The van der Waals surface area contributed by atoms with E-state index in [1.807, 2.05) is 30.3 Å². The van der Waals surface area contributed by atoms with Gasteiger partial charge in [-0.05, 0) is 91.4 Å². The van der Waals surface area contributed by atoms with Crippen LogP contribution in [0, 0.1) is 0 Å². The molecule has 4 aromatic rings. The maximum Gasteiger partial charge on any atom is 0.256 e. The van der Waals surface area contributed by atoms with Crippen LogP contribution in [-0.4, -0.2) is 72.3 Å². The number of aromatic amines is 1. The third-order valence-electron chi connectivity index (χ3n) is 8.01. The molecule has 2 aliphatic rings. The summed E-state index contributed by atoms with van der Waals surface area (Å²) in [4.78, 5) is 23.6. The van der Waals surface area contributed by atoms with Crippen molar-refractivity contribution >= 4 is 67.4 Å². The van der Waals surface area contributed by atoms with Crippen LogP contribution in [0.25, 0.3) is 10.9 Å². The molecule has 6 rings (SSSR count). The number of benzene rings is 3. The number of carbonyl (C=O) groups excluding carboxylic acids is 1. The van der Waals surface area contributed by atoms with Crippen LogP contribution in [0.2, 0.25) is 5.02 Å². The minimum absolute atomic E-state index is 0.0299. The van der Waals surface area contributed by atoms with Gasteiger partial charge in [0.05, 0.1) is 24.9 Å². The van der Waals surface area contributed by atoms with Gasteiger partial charge < -0.3 is 24.3 Å². The molecule has 0 aliphatic carbocycles. The fraction of sp³-hybridized carbons (Fsp3) is 0.312. The fourth-order valence-corrected chi connectivity index (χ4v) is 6.81. The zero-order valence-electron chi connectivity index (χ0n) is 23.5. The van der Waals surface area contributed by atoms with Crippen molar-refractivity contribution in [2.24, 2.45) is 0 Å². The first kappa shape index (κ1) is 29.1. The molecule has 1 N–H and O–H groups in total.